The average Bonchev–Trinajstić information content (AvgIpc) is 2.39. The molecule has 3 nitrogen and oxygen atoms in total. The lowest BCUT2D eigenvalue weighted by Gasteiger charge is -2.06. The maximum atomic E-state index is 9.37. The second-order valence-corrected chi connectivity index (χ2v) is 4.33. The maximum absolute atomic E-state index is 9.37. The van der Waals surface area contributed by atoms with Gasteiger partial charge in [-0.05, 0) is 37.3 Å². The minimum Gasteiger partial charge on any atom is -0.508 e. The quantitative estimate of drug-likeness (QED) is 0.850. The monoisotopic (exact) mass is 275 g/mol. The summed E-state index contributed by atoms with van der Waals surface area (Å²) in [7, 11) is 0. The van der Waals surface area contributed by atoms with Crippen molar-refractivity contribution in [3.63, 3.8) is 0 Å². The molecule has 2 aromatic rings. The Morgan fingerprint density at radius 1 is 1.26 bits per heavy atom. The van der Waals surface area contributed by atoms with Crippen molar-refractivity contribution in [2.75, 3.05) is 6.61 Å². The largest absolute Gasteiger partial charge is 0.508 e. The molecule has 0 fully saturated rings. The van der Waals surface area contributed by atoms with Crippen LogP contribution in [-0.4, -0.2) is 17.9 Å². The first kappa shape index (κ1) is 13.4. The van der Waals surface area contributed by atoms with Gasteiger partial charge in [0.15, 0.2) is 0 Å². The Bertz CT molecular complexity index is 596. The number of benzene rings is 2. The van der Waals surface area contributed by atoms with Crippen molar-refractivity contribution in [2.45, 2.75) is 6.92 Å². The molecule has 1 N–H and O–H groups in total. The van der Waals surface area contributed by atoms with Crippen LogP contribution in [0.5, 0.6) is 11.5 Å². The molecule has 0 bridgehead atoms. The highest BCUT2D eigenvalue weighted by atomic mass is 35.5. The molecule has 0 saturated carbocycles. The van der Waals surface area contributed by atoms with Crippen LogP contribution >= 0.6 is 11.6 Å². The fraction of sp³-hybridized carbons (Fsp3) is 0.133. The lowest BCUT2D eigenvalue weighted by atomic mass is 10.2. The smallest absolute Gasteiger partial charge is 0.128 e. The van der Waals surface area contributed by atoms with E-state index in [1.165, 1.54) is 0 Å². The normalized spacial score (nSPS) is 10.8. The Kier molecular flexibility index (Phi) is 4.42. The van der Waals surface area contributed by atoms with Crippen molar-refractivity contribution in [3.05, 3.63) is 53.1 Å². The van der Waals surface area contributed by atoms with E-state index in [1.54, 1.807) is 42.6 Å². The van der Waals surface area contributed by atoms with E-state index in [1.807, 2.05) is 13.0 Å². The molecule has 0 aliphatic rings. The van der Waals surface area contributed by atoms with Crippen molar-refractivity contribution in [3.8, 4) is 11.5 Å². The fourth-order valence-corrected chi connectivity index (χ4v) is 1.81. The van der Waals surface area contributed by atoms with E-state index in [-0.39, 0.29) is 5.75 Å². The third kappa shape index (κ3) is 3.73. The first-order valence-corrected chi connectivity index (χ1v) is 6.32. The van der Waals surface area contributed by atoms with Crippen LogP contribution in [0.3, 0.4) is 0 Å². The molecule has 0 radical (unpaired) electrons. The predicted molar refractivity (Wildman–Crippen MR) is 78.0 cm³/mol. The van der Waals surface area contributed by atoms with Gasteiger partial charge in [-0.3, -0.25) is 4.99 Å². The van der Waals surface area contributed by atoms with Crippen molar-refractivity contribution < 1.29 is 9.84 Å². The summed E-state index contributed by atoms with van der Waals surface area (Å²) in [5, 5.41) is 10.00. The van der Waals surface area contributed by atoms with E-state index in [9.17, 15) is 5.11 Å². The van der Waals surface area contributed by atoms with Crippen LogP contribution in [0.2, 0.25) is 5.02 Å². The fourth-order valence-electron chi connectivity index (χ4n) is 1.62. The van der Waals surface area contributed by atoms with Crippen molar-refractivity contribution in [1.29, 1.82) is 0 Å². The van der Waals surface area contributed by atoms with E-state index in [0.29, 0.717) is 17.3 Å². The van der Waals surface area contributed by atoms with Crippen LogP contribution in [0.1, 0.15) is 12.5 Å². The number of hydrogen-bond acceptors (Lipinski definition) is 3. The number of hydrogen-bond donors (Lipinski definition) is 1. The van der Waals surface area contributed by atoms with Gasteiger partial charge >= 0.3 is 0 Å². The first-order valence-electron chi connectivity index (χ1n) is 5.94. The van der Waals surface area contributed by atoms with Gasteiger partial charge in [0, 0.05) is 22.9 Å². The molecule has 0 amide bonds. The zero-order valence-electron chi connectivity index (χ0n) is 10.5. The van der Waals surface area contributed by atoms with Crippen molar-refractivity contribution in [1.82, 2.24) is 0 Å². The maximum Gasteiger partial charge on any atom is 0.128 e. The zero-order chi connectivity index (χ0) is 13.7. The molecule has 0 aliphatic carbocycles. The topological polar surface area (TPSA) is 41.8 Å². The van der Waals surface area contributed by atoms with Gasteiger partial charge in [-0.2, -0.15) is 0 Å². The molecule has 0 unspecified atom stereocenters. The number of halogens is 1. The molecule has 98 valence electrons. The summed E-state index contributed by atoms with van der Waals surface area (Å²) in [4.78, 5) is 4.30. The molecule has 0 aromatic heterocycles. The van der Waals surface area contributed by atoms with E-state index in [0.717, 1.165) is 11.3 Å². The lowest BCUT2D eigenvalue weighted by Crippen LogP contribution is -1.95. The van der Waals surface area contributed by atoms with Crippen LogP contribution in [0, 0.1) is 0 Å². The van der Waals surface area contributed by atoms with Gasteiger partial charge in [0.25, 0.3) is 0 Å². The summed E-state index contributed by atoms with van der Waals surface area (Å²) in [5.41, 5.74) is 1.47. The Morgan fingerprint density at radius 2 is 2.11 bits per heavy atom. The Hall–Kier alpha value is -2.00. The molecule has 0 spiro atoms. The molecular weight excluding hydrogens is 262 g/mol. The molecule has 2 rings (SSSR count). The molecule has 0 aliphatic heterocycles. The minimum absolute atomic E-state index is 0.186. The highest BCUT2D eigenvalue weighted by Crippen LogP contribution is 2.23. The second-order valence-electron chi connectivity index (χ2n) is 3.89. The van der Waals surface area contributed by atoms with E-state index in [4.69, 9.17) is 16.3 Å². The first-order chi connectivity index (χ1) is 9.19. The van der Waals surface area contributed by atoms with Crippen LogP contribution in [0.25, 0.3) is 0 Å². The highest BCUT2D eigenvalue weighted by Gasteiger charge is 2.02. The Morgan fingerprint density at radius 3 is 2.84 bits per heavy atom. The number of aliphatic imine (C=N–C) groups is 1. The highest BCUT2D eigenvalue weighted by molar-refractivity contribution is 6.30. The van der Waals surface area contributed by atoms with Crippen LogP contribution in [0.15, 0.2) is 47.5 Å². The predicted octanol–water partition coefficient (Wildman–Crippen LogP) is 4.19. The summed E-state index contributed by atoms with van der Waals surface area (Å²) >= 11 is 5.97. The second kappa shape index (κ2) is 6.25. The Balaban J connectivity index is 2.29. The number of ether oxygens (including phenoxy) is 1. The molecule has 0 atom stereocenters. The molecule has 19 heavy (non-hydrogen) atoms. The molecule has 2 aromatic carbocycles. The van der Waals surface area contributed by atoms with E-state index >= 15 is 0 Å². The van der Waals surface area contributed by atoms with E-state index in [2.05, 4.69) is 4.99 Å². The number of rotatable bonds is 4. The van der Waals surface area contributed by atoms with Crippen LogP contribution in [0.4, 0.5) is 5.69 Å². The third-order valence-electron chi connectivity index (χ3n) is 2.45. The average molecular weight is 276 g/mol. The van der Waals surface area contributed by atoms with Crippen LogP contribution in [-0.2, 0) is 0 Å². The summed E-state index contributed by atoms with van der Waals surface area (Å²) in [6, 6.07) is 12.1. The standard InChI is InChI=1S/C15H14ClNO2/c1-2-19-15-7-6-12(16)8-11(15)10-17-13-4-3-5-14(18)9-13/h3-10,18H,2H2,1H3. The molecule has 4 heteroatoms. The lowest BCUT2D eigenvalue weighted by molar-refractivity contribution is 0.340. The SMILES string of the molecule is CCOc1ccc(Cl)cc1C=Nc1cccc(O)c1. The van der Waals surface area contributed by atoms with Crippen LogP contribution < -0.4 is 4.74 Å². The summed E-state index contributed by atoms with van der Waals surface area (Å²) < 4.78 is 5.50. The number of nitrogens with zero attached hydrogens (tertiary/aromatic N) is 1. The van der Waals surface area contributed by atoms with Gasteiger partial charge in [0.05, 0.1) is 12.3 Å². The van der Waals surface area contributed by atoms with Gasteiger partial charge in [-0.1, -0.05) is 17.7 Å². The number of phenolic OH excluding ortho intramolecular Hbond substituents is 1. The molecule has 0 heterocycles. The summed E-state index contributed by atoms with van der Waals surface area (Å²) in [6.45, 7) is 2.50. The molecular formula is C15H14ClNO2. The molecule has 0 saturated heterocycles. The number of aromatic hydroxyl groups is 1. The van der Waals surface area contributed by atoms with Crippen molar-refractivity contribution >= 4 is 23.5 Å². The van der Waals surface area contributed by atoms with Gasteiger partial charge in [0.1, 0.15) is 11.5 Å². The zero-order valence-corrected chi connectivity index (χ0v) is 11.3. The van der Waals surface area contributed by atoms with E-state index < -0.39 is 0 Å². The van der Waals surface area contributed by atoms with Crippen molar-refractivity contribution in [2.24, 2.45) is 4.99 Å². The Labute approximate surface area is 117 Å². The number of phenols is 1. The minimum atomic E-state index is 0.186. The third-order valence-corrected chi connectivity index (χ3v) is 2.69. The van der Waals surface area contributed by atoms with Gasteiger partial charge < -0.3 is 9.84 Å². The summed E-state index contributed by atoms with van der Waals surface area (Å²) in [5.74, 6) is 0.918. The van der Waals surface area contributed by atoms with Gasteiger partial charge in [-0.15, -0.1) is 0 Å². The summed E-state index contributed by atoms with van der Waals surface area (Å²) in [6.07, 6.45) is 1.67. The van der Waals surface area contributed by atoms with Gasteiger partial charge in [-0.25, -0.2) is 0 Å². The van der Waals surface area contributed by atoms with Gasteiger partial charge in [0.2, 0.25) is 0 Å².